The third-order valence-electron chi connectivity index (χ3n) is 5.45. The maximum atomic E-state index is 5.23. The van der Waals surface area contributed by atoms with Crippen LogP contribution in [0.5, 0.6) is 5.75 Å². The summed E-state index contributed by atoms with van der Waals surface area (Å²) in [7, 11) is 1.71. The number of hydrogen-bond donors (Lipinski definition) is 1. The molecule has 1 fully saturated rings. The van der Waals surface area contributed by atoms with Crippen LogP contribution in [0.25, 0.3) is 11.3 Å². The number of ether oxygens (including phenoxy) is 1. The molecular weight excluding hydrogens is 336 g/mol. The van der Waals surface area contributed by atoms with Gasteiger partial charge in [-0.15, -0.1) is 0 Å². The van der Waals surface area contributed by atoms with E-state index < -0.39 is 0 Å². The maximum Gasteiger partial charge on any atom is 0.118 e. The van der Waals surface area contributed by atoms with Gasteiger partial charge in [-0.1, -0.05) is 12.1 Å². The molecule has 140 valence electrons. The first-order chi connectivity index (χ1) is 13.3. The van der Waals surface area contributed by atoms with Crippen molar-refractivity contribution in [2.45, 2.75) is 25.2 Å². The standard InChI is InChI=1S/C22H26N4O/c1-27-20-6-4-17(5-7-20)8-12-26-13-9-18(10-14-26)21-15-22(25-24-21)19-3-2-11-23-16-19/h2-7,11,15-16,18H,8-10,12-14H2,1H3,(H,24,25). The number of methoxy groups -OCH3 is 1. The zero-order chi connectivity index (χ0) is 18.5. The van der Waals surface area contributed by atoms with Crippen molar-refractivity contribution in [2.75, 3.05) is 26.7 Å². The minimum atomic E-state index is 0.545. The average molecular weight is 362 g/mol. The molecule has 0 spiro atoms. The van der Waals surface area contributed by atoms with Gasteiger partial charge in [0.05, 0.1) is 18.5 Å². The van der Waals surface area contributed by atoms with E-state index in [1.165, 1.54) is 24.1 Å². The lowest BCUT2D eigenvalue weighted by atomic mass is 9.93. The number of nitrogens with one attached hydrogen (secondary N) is 1. The number of H-pyrrole nitrogens is 1. The minimum Gasteiger partial charge on any atom is -0.497 e. The van der Waals surface area contributed by atoms with Crippen molar-refractivity contribution in [3.8, 4) is 17.0 Å². The molecule has 0 bridgehead atoms. The molecule has 4 rings (SSSR count). The molecule has 0 radical (unpaired) electrons. The first-order valence-electron chi connectivity index (χ1n) is 9.63. The highest BCUT2D eigenvalue weighted by Crippen LogP contribution is 2.29. The number of pyridine rings is 1. The summed E-state index contributed by atoms with van der Waals surface area (Å²) in [5, 5.41) is 7.74. The lowest BCUT2D eigenvalue weighted by Gasteiger charge is -2.31. The summed E-state index contributed by atoms with van der Waals surface area (Å²) < 4.78 is 5.23. The van der Waals surface area contributed by atoms with Gasteiger partial charge in [0.25, 0.3) is 0 Å². The summed E-state index contributed by atoms with van der Waals surface area (Å²) >= 11 is 0. The van der Waals surface area contributed by atoms with Gasteiger partial charge in [-0.2, -0.15) is 5.10 Å². The van der Waals surface area contributed by atoms with Gasteiger partial charge in [0, 0.05) is 30.4 Å². The van der Waals surface area contributed by atoms with Crippen LogP contribution >= 0.6 is 0 Å². The normalized spacial score (nSPS) is 15.7. The van der Waals surface area contributed by atoms with Gasteiger partial charge in [0.15, 0.2) is 0 Å². The zero-order valence-corrected chi connectivity index (χ0v) is 15.8. The van der Waals surface area contributed by atoms with Crippen molar-refractivity contribution in [2.24, 2.45) is 0 Å². The van der Waals surface area contributed by atoms with E-state index in [0.717, 1.165) is 43.1 Å². The van der Waals surface area contributed by atoms with Crippen LogP contribution in [0.1, 0.15) is 30.0 Å². The van der Waals surface area contributed by atoms with E-state index >= 15 is 0 Å². The summed E-state index contributed by atoms with van der Waals surface area (Å²) in [4.78, 5) is 6.75. The number of aromatic nitrogens is 3. The van der Waals surface area contributed by atoms with Crippen molar-refractivity contribution < 1.29 is 4.74 Å². The molecule has 2 aromatic heterocycles. The van der Waals surface area contributed by atoms with Crippen LogP contribution in [0.4, 0.5) is 0 Å². The summed E-state index contributed by atoms with van der Waals surface area (Å²) in [6, 6.07) is 14.6. The minimum absolute atomic E-state index is 0.545. The van der Waals surface area contributed by atoms with Crippen LogP contribution in [-0.2, 0) is 6.42 Å². The Morgan fingerprint density at radius 1 is 1.15 bits per heavy atom. The van der Waals surface area contributed by atoms with Crippen LogP contribution in [-0.4, -0.2) is 46.8 Å². The molecule has 0 atom stereocenters. The Balaban J connectivity index is 1.28. The zero-order valence-electron chi connectivity index (χ0n) is 15.8. The predicted molar refractivity (Wildman–Crippen MR) is 107 cm³/mol. The van der Waals surface area contributed by atoms with Gasteiger partial charge >= 0.3 is 0 Å². The number of piperidine rings is 1. The topological polar surface area (TPSA) is 54.0 Å². The third kappa shape index (κ3) is 4.37. The molecule has 1 N–H and O–H groups in total. The van der Waals surface area contributed by atoms with Gasteiger partial charge in [-0.25, -0.2) is 0 Å². The van der Waals surface area contributed by atoms with Gasteiger partial charge < -0.3 is 9.64 Å². The Labute approximate surface area is 160 Å². The SMILES string of the molecule is COc1ccc(CCN2CCC(c3cc(-c4cccnc4)[nH]n3)CC2)cc1. The Bertz CT molecular complexity index is 836. The lowest BCUT2D eigenvalue weighted by Crippen LogP contribution is -2.34. The van der Waals surface area contributed by atoms with E-state index in [-0.39, 0.29) is 0 Å². The molecule has 0 aliphatic carbocycles. The van der Waals surface area contributed by atoms with E-state index in [9.17, 15) is 0 Å². The number of benzene rings is 1. The van der Waals surface area contributed by atoms with E-state index in [1.807, 2.05) is 24.4 Å². The average Bonchev–Trinajstić information content (AvgIpc) is 3.24. The molecule has 0 saturated carbocycles. The van der Waals surface area contributed by atoms with Crippen molar-refractivity contribution in [1.29, 1.82) is 0 Å². The Morgan fingerprint density at radius 3 is 2.67 bits per heavy atom. The number of likely N-dealkylation sites (tertiary alicyclic amines) is 1. The van der Waals surface area contributed by atoms with E-state index in [1.54, 1.807) is 13.3 Å². The molecular formula is C22H26N4O. The Kier molecular flexibility index (Phi) is 5.49. The van der Waals surface area contributed by atoms with Gasteiger partial charge in [0.2, 0.25) is 0 Å². The fourth-order valence-electron chi connectivity index (χ4n) is 3.75. The van der Waals surface area contributed by atoms with Crippen molar-refractivity contribution >= 4 is 0 Å². The van der Waals surface area contributed by atoms with E-state index in [0.29, 0.717) is 5.92 Å². The summed E-state index contributed by atoms with van der Waals surface area (Å²) in [6.07, 6.45) is 7.09. The quantitative estimate of drug-likeness (QED) is 0.722. The van der Waals surface area contributed by atoms with Crippen LogP contribution in [0, 0.1) is 0 Å². The maximum absolute atomic E-state index is 5.23. The monoisotopic (exact) mass is 362 g/mol. The smallest absolute Gasteiger partial charge is 0.118 e. The second-order valence-corrected chi connectivity index (χ2v) is 7.16. The molecule has 3 aromatic rings. The summed E-state index contributed by atoms with van der Waals surface area (Å²) in [5.41, 5.74) is 4.70. The second-order valence-electron chi connectivity index (χ2n) is 7.16. The fraction of sp³-hybridized carbons (Fsp3) is 0.364. The fourth-order valence-corrected chi connectivity index (χ4v) is 3.75. The van der Waals surface area contributed by atoms with Crippen LogP contribution in [0.3, 0.4) is 0 Å². The summed E-state index contributed by atoms with van der Waals surface area (Å²) in [5.74, 6) is 1.47. The van der Waals surface area contributed by atoms with Crippen molar-refractivity contribution in [1.82, 2.24) is 20.1 Å². The molecule has 0 amide bonds. The first-order valence-corrected chi connectivity index (χ1v) is 9.63. The highest BCUT2D eigenvalue weighted by atomic mass is 16.5. The van der Waals surface area contributed by atoms with Crippen molar-refractivity contribution in [3.63, 3.8) is 0 Å². The third-order valence-corrected chi connectivity index (χ3v) is 5.45. The molecule has 1 aliphatic rings. The van der Waals surface area contributed by atoms with Crippen LogP contribution < -0.4 is 4.74 Å². The van der Waals surface area contributed by atoms with E-state index in [4.69, 9.17) is 4.74 Å². The molecule has 5 heteroatoms. The van der Waals surface area contributed by atoms with Crippen LogP contribution in [0.2, 0.25) is 0 Å². The predicted octanol–water partition coefficient (Wildman–Crippen LogP) is 3.90. The second kappa shape index (κ2) is 8.35. The van der Waals surface area contributed by atoms with Gasteiger partial charge in [0.1, 0.15) is 5.75 Å². The van der Waals surface area contributed by atoms with Gasteiger partial charge in [-0.05, 0) is 68.2 Å². The molecule has 3 heterocycles. The number of rotatable bonds is 6. The van der Waals surface area contributed by atoms with Crippen LogP contribution in [0.15, 0.2) is 54.9 Å². The summed E-state index contributed by atoms with van der Waals surface area (Å²) in [6.45, 7) is 3.38. The Hall–Kier alpha value is -2.66. The number of aromatic amines is 1. The largest absolute Gasteiger partial charge is 0.497 e. The van der Waals surface area contributed by atoms with E-state index in [2.05, 4.69) is 44.3 Å². The molecule has 5 nitrogen and oxygen atoms in total. The molecule has 1 aliphatic heterocycles. The Morgan fingerprint density at radius 2 is 1.96 bits per heavy atom. The molecule has 0 unspecified atom stereocenters. The highest BCUT2D eigenvalue weighted by Gasteiger charge is 2.22. The molecule has 1 aromatic carbocycles. The number of hydrogen-bond acceptors (Lipinski definition) is 4. The first kappa shape index (κ1) is 17.7. The van der Waals surface area contributed by atoms with Crippen molar-refractivity contribution in [3.05, 3.63) is 66.1 Å². The molecule has 27 heavy (non-hydrogen) atoms. The highest BCUT2D eigenvalue weighted by molar-refractivity contribution is 5.57. The number of nitrogens with zero attached hydrogens (tertiary/aromatic N) is 3. The molecule has 1 saturated heterocycles. The lowest BCUT2D eigenvalue weighted by molar-refractivity contribution is 0.213. The van der Waals surface area contributed by atoms with Gasteiger partial charge in [-0.3, -0.25) is 10.1 Å².